The van der Waals surface area contributed by atoms with Gasteiger partial charge in [0.25, 0.3) is 0 Å². The highest BCUT2D eigenvalue weighted by atomic mass is 32.1. The summed E-state index contributed by atoms with van der Waals surface area (Å²) in [5.41, 5.74) is -1.55. The van der Waals surface area contributed by atoms with Crippen LogP contribution in [0.15, 0.2) is 23.6 Å². The van der Waals surface area contributed by atoms with Crippen LogP contribution in [0, 0.1) is 5.82 Å². The second kappa shape index (κ2) is 4.61. The van der Waals surface area contributed by atoms with Crippen LogP contribution in [0.1, 0.15) is 16.1 Å². The molecule has 0 bridgehead atoms. The van der Waals surface area contributed by atoms with E-state index in [0.29, 0.717) is 6.07 Å². The van der Waals surface area contributed by atoms with Crippen LogP contribution >= 0.6 is 11.3 Å². The molecule has 3 nitrogen and oxygen atoms in total. The summed E-state index contributed by atoms with van der Waals surface area (Å²) in [6.07, 6.45) is -4.63. The minimum absolute atomic E-state index is 0.0172. The SMILES string of the molecule is O=C(O)c1csc(-c2ccc(C(F)(F)F)cc2F)n1. The Morgan fingerprint density at radius 3 is 2.47 bits per heavy atom. The van der Waals surface area contributed by atoms with Crippen molar-refractivity contribution in [3.8, 4) is 10.6 Å². The Balaban J connectivity index is 2.43. The van der Waals surface area contributed by atoms with Gasteiger partial charge in [0, 0.05) is 10.9 Å². The van der Waals surface area contributed by atoms with Gasteiger partial charge in [-0.05, 0) is 18.2 Å². The Kier molecular flexibility index (Phi) is 3.27. The van der Waals surface area contributed by atoms with Crippen molar-refractivity contribution in [2.24, 2.45) is 0 Å². The van der Waals surface area contributed by atoms with Gasteiger partial charge in [-0.1, -0.05) is 0 Å². The average Bonchev–Trinajstić information content (AvgIpc) is 2.76. The molecule has 0 atom stereocenters. The predicted molar refractivity (Wildman–Crippen MR) is 59.5 cm³/mol. The number of halogens is 4. The van der Waals surface area contributed by atoms with Crippen LogP contribution in [0.2, 0.25) is 0 Å². The number of aromatic nitrogens is 1. The molecule has 0 spiro atoms. The van der Waals surface area contributed by atoms with E-state index in [1.807, 2.05) is 0 Å². The summed E-state index contributed by atoms with van der Waals surface area (Å²) in [6.45, 7) is 0. The number of carboxylic acid groups (broad SMARTS) is 1. The van der Waals surface area contributed by atoms with E-state index in [9.17, 15) is 22.4 Å². The molecule has 0 aliphatic rings. The third-order valence-electron chi connectivity index (χ3n) is 2.25. The largest absolute Gasteiger partial charge is 0.476 e. The number of benzene rings is 1. The quantitative estimate of drug-likeness (QED) is 0.859. The average molecular weight is 291 g/mol. The number of rotatable bonds is 2. The molecule has 0 amide bonds. The van der Waals surface area contributed by atoms with Gasteiger partial charge in [-0.15, -0.1) is 11.3 Å². The standard InChI is InChI=1S/C11H5F4NO2S/c12-7-3-5(11(13,14)15)1-2-6(7)9-16-8(4-19-9)10(17)18/h1-4H,(H,17,18). The Labute approximate surface area is 108 Å². The summed E-state index contributed by atoms with van der Waals surface area (Å²) < 4.78 is 50.7. The van der Waals surface area contributed by atoms with E-state index < -0.39 is 23.5 Å². The molecule has 1 aromatic carbocycles. The molecule has 1 aromatic heterocycles. The first-order chi connectivity index (χ1) is 8.79. The van der Waals surface area contributed by atoms with Gasteiger partial charge in [0.2, 0.25) is 0 Å². The first kappa shape index (κ1) is 13.5. The molecule has 8 heteroatoms. The monoisotopic (exact) mass is 291 g/mol. The molecule has 0 fully saturated rings. The van der Waals surface area contributed by atoms with Crippen LogP contribution in [0.25, 0.3) is 10.6 Å². The van der Waals surface area contributed by atoms with Crippen LogP contribution < -0.4 is 0 Å². The number of aromatic carboxylic acids is 1. The maximum absolute atomic E-state index is 13.6. The van der Waals surface area contributed by atoms with Gasteiger partial charge in [-0.25, -0.2) is 14.2 Å². The second-order valence-corrected chi connectivity index (χ2v) is 4.39. The topological polar surface area (TPSA) is 50.2 Å². The molecular formula is C11H5F4NO2S. The zero-order valence-electron chi connectivity index (χ0n) is 9.03. The summed E-state index contributed by atoms with van der Waals surface area (Å²) in [6, 6.07) is 2.01. The van der Waals surface area contributed by atoms with Crippen molar-refractivity contribution in [1.29, 1.82) is 0 Å². The highest BCUT2D eigenvalue weighted by Gasteiger charge is 2.31. The molecule has 2 aromatic rings. The molecule has 0 unspecified atom stereocenters. The zero-order valence-corrected chi connectivity index (χ0v) is 9.85. The fraction of sp³-hybridized carbons (Fsp3) is 0.0909. The molecule has 0 saturated heterocycles. The van der Waals surface area contributed by atoms with Gasteiger partial charge in [-0.3, -0.25) is 0 Å². The molecule has 2 rings (SSSR count). The van der Waals surface area contributed by atoms with Gasteiger partial charge < -0.3 is 5.11 Å². The van der Waals surface area contributed by atoms with Gasteiger partial charge in [-0.2, -0.15) is 13.2 Å². The number of alkyl halides is 3. The van der Waals surface area contributed by atoms with E-state index in [1.165, 1.54) is 5.38 Å². The van der Waals surface area contributed by atoms with E-state index in [0.717, 1.165) is 23.5 Å². The van der Waals surface area contributed by atoms with E-state index in [-0.39, 0.29) is 16.3 Å². The van der Waals surface area contributed by atoms with Gasteiger partial charge >= 0.3 is 12.1 Å². The normalized spacial score (nSPS) is 11.6. The number of nitrogens with zero attached hydrogens (tertiary/aromatic N) is 1. The number of thiazole rings is 1. The van der Waals surface area contributed by atoms with Crippen molar-refractivity contribution >= 4 is 17.3 Å². The third-order valence-corrected chi connectivity index (χ3v) is 3.13. The minimum atomic E-state index is -4.63. The summed E-state index contributed by atoms with van der Waals surface area (Å²) in [5, 5.41) is 9.87. The van der Waals surface area contributed by atoms with Crippen molar-refractivity contribution in [2.75, 3.05) is 0 Å². The molecule has 0 radical (unpaired) electrons. The first-order valence-electron chi connectivity index (χ1n) is 4.85. The summed E-state index contributed by atoms with van der Waals surface area (Å²) >= 11 is 0.845. The number of carboxylic acids is 1. The Morgan fingerprint density at radius 2 is 2.00 bits per heavy atom. The van der Waals surface area contributed by atoms with Gasteiger partial charge in [0.15, 0.2) is 5.69 Å². The molecule has 0 aliphatic carbocycles. The molecule has 0 saturated carbocycles. The van der Waals surface area contributed by atoms with Crippen molar-refractivity contribution in [3.63, 3.8) is 0 Å². The van der Waals surface area contributed by atoms with E-state index in [1.54, 1.807) is 0 Å². The van der Waals surface area contributed by atoms with Gasteiger partial charge in [0.1, 0.15) is 10.8 Å². The maximum atomic E-state index is 13.6. The Bertz CT molecular complexity index is 636. The lowest BCUT2D eigenvalue weighted by Crippen LogP contribution is -2.05. The fourth-order valence-electron chi connectivity index (χ4n) is 1.36. The van der Waals surface area contributed by atoms with Crippen LogP contribution in [0.5, 0.6) is 0 Å². The van der Waals surface area contributed by atoms with Gasteiger partial charge in [0.05, 0.1) is 5.56 Å². The number of carbonyl (C=O) groups is 1. The summed E-state index contributed by atoms with van der Waals surface area (Å²) in [4.78, 5) is 14.2. The van der Waals surface area contributed by atoms with Crippen LogP contribution in [0.4, 0.5) is 17.6 Å². The highest BCUT2D eigenvalue weighted by Crippen LogP contribution is 2.33. The number of hydrogen-bond acceptors (Lipinski definition) is 3. The van der Waals surface area contributed by atoms with E-state index >= 15 is 0 Å². The van der Waals surface area contributed by atoms with Crippen molar-refractivity contribution in [1.82, 2.24) is 4.98 Å². The van der Waals surface area contributed by atoms with Crippen molar-refractivity contribution in [2.45, 2.75) is 6.18 Å². The maximum Gasteiger partial charge on any atom is 0.416 e. The first-order valence-corrected chi connectivity index (χ1v) is 5.73. The molecular weight excluding hydrogens is 286 g/mol. The van der Waals surface area contributed by atoms with Crippen LogP contribution in [-0.4, -0.2) is 16.1 Å². The highest BCUT2D eigenvalue weighted by molar-refractivity contribution is 7.13. The lowest BCUT2D eigenvalue weighted by atomic mass is 10.1. The lowest BCUT2D eigenvalue weighted by molar-refractivity contribution is -0.137. The molecule has 19 heavy (non-hydrogen) atoms. The predicted octanol–water partition coefficient (Wildman–Crippen LogP) is 3.67. The molecule has 1 N–H and O–H groups in total. The molecule has 0 aliphatic heterocycles. The Hall–Kier alpha value is -1.96. The smallest absolute Gasteiger partial charge is 0.416 e. The zero-order chi connectivity index (χ0) is 14.2. The summed E-state index contributed by atoms with van der Waals surface area (Å²) in [5.74, 6) is -2.38. The van der Waals surface area contributed by atoms with Crippen LogP contribution in [0.3, 0.4) is 0 Å². The molecule has 1 heterocycles. The number of hydrogen-bond donors (Lipinski definition) is 1. The van der Waals surface area contributed by atoms with Crippen LogP contribution in [-0.2, 0) is 6.18 Å². The minimum Gasteiger partial charge on any atom is -0.476 e. The third kappa shape index (κ3) is 2.73. The van der Waals surface area contributed by atoms with E-state index in [2.05, 4.69) is 4.98 Å². The van der Waals surface area contributed by atoms with Crippen molar-refractivity contribution in [3.05, 3.63) is 40.7 Å². The lowest BCUT2D eigenvalue weighted by Gasteiger charge is -2.07. The second-order valence-electron chi connectivity index (χ2n) is 3.54. The Morgan fingerprint density at radius 1 is 1.32 bits per heavy atom. The van der Waals surface area contributed by atoms with E-state index in [4.69, 9.17) is 5.11 Å². The van der Waals surface area contributed by atoms with Crippen molar-refractivity contribution < 1.29 is 27.5 Å². The fourth-order valence-corrected chi connectivity index (χ4v) is 2.18. The summed E-state index contributed by atoms with van der Waals surface area (Å²) in [7, 11) is 0. The molecule has 100 valence electrons.